The van der Waals surface area contributed by atoms with Crippen LogP contribution in [0.1, 0.15) is 40.5 Å². The zero-order chi connectivity index (χ0) is 20.3. The molecule has 0 aromatic heterocycles. The molecule has 0 amide bonds. The fraction of sp³-hybridized carbons (Fsp3) is 0.524. The molecular formula is C21H34ClN5. The van der Waals surface area contributed by atoms with E-state index in [0.29, 0.717) is 6.54 Å². The summed E-state index contributed by atoms with van der Waals surface area (Å²) < 4.78 is 0. The lowest BCUT2D eigenvalue weighted by atomic mass is 10.0. The maximum atomic E-state index is 6.12. The first-order valence-electron chi connectivity index (χ1n) is 9.48. The van der Waals surface area contributed by atoms with Crippen molar-refractivity contribution in [2.24, 2.45) is 10.3 Å². The van der Waals surface area contributed by atoms with Crippen molar-refractivity contribution in [3.8, 4) is 0 Å². The van der Waals surface area contributed by atoms with Gasteiger partial charge in [0.05, 0.1) is 0 Å². The summed E-state index contributed by atoms with van der Waals surface area (Å²) in [6, 6.07) is 8.06. The molecule has 1 unspecified atom stereocenters. The molecule has 0 bridgehead atoms. The molecule has 5 nitrogen and oxygen atoms in total. The lowest BCUT2D eigenvalue weighted by Crippen LogP contribution is -2.37. The average molecular weight is 392 g/mol. The number of anilines is 1. The molecule has 150 valence electrons. The van der Waals surface area contributed by atoms with Crippen molar-refractivity contribution in [2.45, 2.75) is 52.2 Å². The van der Waals surface area contributed by atoms with Crippen LogP contribution < -0.4 is 10.6 Å². The molecular weight excluding hydrogens is 358 g/mol. The predicted octanol–water partition coefficient (Wildman–Crippen LogP) is 5.68. The van der Waals surface area contributed by atoms with E-state index in [-0.39, 0.29) is 6.04 Å². The van der Waals surface area contributed by atoms with Crippen molar-refractivity contribution in [2.75, 3.05) is 25.5 Å². The van der Waals surface area contributed by atoms with Gasteiger partial charge in [0.15, 0.2) is 0 Å². The molecule has 0 fully saturated rings. The molecule has 2 N–H and O–H groups in total. The van der Waals surface area contributed by atoms with Crippen molar-refractivity contribution in [1.82, 2.24) is 10.3 Å². The molecule has 0 radical (unpaired) electrons. The second kappa shape index (κ2) is 11.8. The largest absolute Gasteiger partial charge is 0.378 e. The minimum Gasteiger partial charge on any atom is -0.378 e. The molecule has 0 heterocycles. The molecule has 27 heavy (non-hydrogen) atoms. The Kier molecular flexibility index (Phi) is 10.1. The van der Waals surface area contributed by atoms with Crippen LogP contribution in [0.15, 0.2) is 58.9 Å². The third-order valence-corrected chi connectivity index (χ3v) is 4.50. The van der Waals surface area contributed by atoms with Gasteiger partial charge in [0, 0.05) is 36.9 Å². The summed E-state index contributed by atoms with van der Waals surface area (Å²) in [6.07, 6.45) is 5.91. The second-order valence-electron chi connectivity index (χ2n) is 7.01. The van der Waals surface area contributed by atoms with Crippen LogP contribution in [0.5, 0.6) is 0 Å². The Labute approximate surface area is 169 Å². The maximum Gasteiger partial charge on any atom is 0.128 e. The van der Waals surface area contributed by atoms with Gasteiger partial charge in [0.2, 0.25) is 0 Å². The van der Waals surface area contributed by atoms with Gasteiger partial charge in [-0.1, -0.05) is 47.5 Å². The van der Waals surface area contributed by atoms with Crippen molar-refractivity contribution >= 4 is 17.3 Å². The van der Waals surface area contributed by atoms with Crippen molar-refractivity contribution < 1.29 is 0 Å². The monoisotopic (exact) mass is 391 g/mol. The van der Waals surface area contributed by atoms with Crippen molar-refractivity contribution in [3.63, 3.8) is 0 Å². The molecule has 1 aromatic rings. The Balaban J connectivity index is 2.71. The van der Waals surface area contributed by atoms with Gasteiger partial charge in [-0.15, -0.1) is 11.7 Å². The van der Waals surface area contributed by atoms with Crippen molar-refractivity contribution in [1.29, 1.82) is 0 Å². The summed E-state index contributed by atoms with van der Waals surface area (Å²) in [5, 5.41) is 18.2. The number of rotatable bonds is 12. The summed E-state index contributed by atoms with van der Waals surface area (Å²) in [5.74, 6) is 0. The van der Waals surface area contributed by atoms with Gasteiger partial charge >= 0.3 is 0 Å². The number of benzene rings is 1. The number of nitrogens with one attached hydrogen (secondary N) is 2. The van der Waals surface area contributed by atoms with Gasteiger partial charge in [0.25, 0.3) is 0 Å². The van der Waals surface area contributed by atoms with Crippen LogP contribution >= 0.6 is 11.6 Å². The summed E-state index contributed by atoms with van der Waals surface area (Å²) in [5.41, 5.74) is 1.98. The van der Waals surface area contributed by atoms with Crippen LogP contribution in [0.25, 0.3) is 0 Å². The van der Waals surface area contributed by atoms with E-state index in [1.807, 2.05) is 56.2 Å². The smallest absolute Gasteiger partial charge is 0.128 e. The molecule has 1 atom stereocenters. The number of halogens is 1. The Bertz CT molecular complexity index is 639. The molecule has 6 heteroatoms. The second-order valence-corrected chi connectivity index (χ2v) is 7.45. The number of nitrogens with zero attached hydrogens (tertiary/aromatic N) is 3. The highest BCUT2D eigenvalue weighted by Gasteiger charge is 2.16. The van der Waals surface area contributed by atoms with Crippen molar-refractivity contribution in [3.05, 3.63) is 53.6 Å². The van der Waals surface area contributed by atoms with Crippen LogP contribution in [-0.2, 0) is 0 Å². The highest BCUT2D eigenvalue weighted by Crippen LogP contribution is 2.21. The molecule has 1 aromatic carbocycles. The molecule has 1 rings (SSSR count). The minimum atomic E-state index is -0.418. The van der Waals surface area contributed by atoms with Gasteiger partial charge in [-0.25, -0.2) is 0 Å². The van der Waals surface area contributed by atoms with E-state index in [0.717, 1.165) is 30.1 Å². The van der Waals surface area contributed by atoms with E-state index in [1.165, 1.54) is 5.57 Å². The highest BCUT2D eigenvalue weighted by atomic mass is 35.5. The van der Waals surface area contributed by atoms with Gasteiger partial charge in [0.1, 0.15) is 5.66 Å². The Morgan fingerprint density at radius 2 is 2.15 bits per heavy atom. The van der Waals surface area contributed by atoms with Gasteiger partial charge in [-0.05, 0) is 51.8 Å². The highest BCUT2D eigenvalue weighted by molar-refractivity contribution is 6.30. The summed E-state index contributed by atoms with van der Waals surface area (Å²) in [4.78, 5) is 0. The van der Waals surface area contributed by atoms with Crippen LogP contribution in [0.3, 0.4) is 0 Å². The first-order valence-corrected chi connectivity index (χ1v) is 9.86. The zero-order valence-corrected chi connectivity index (χ0v) is 18.1. The Hall–Kier alpha value is -1.85. The first-order chi connectivity index (χ1) is 12.8. The Morgan fingerprint density at radius 3 is 2.74 bits per heavy atom. The third-order valence-electron chi connectivity index (χ3n) is 4.26. The molecule has 0 saturated carbocycles. The van der Waals surface area contributed by atoms with Gasteiger partial charge < -0.3 is 5.32 Å². The summed E-state index contributed by atoms with van der Waals surface area (Å²) >= 11 is 6.12. The minimum absolute atomic E-state index is 0.225. The lowest BCUT2D eigenvalue weighted by Gasteiger charge is -2.25. The third kappa shape index (κ3) is 9.07. The molecule has 0 aliphatic rings. The average Bonchev–Trinajstić information content (AvgIpc) is 2.63. The number of hydrogen-bond donors (Lipinski definition) is 2. The van der Waals surface area contributed by atoms with E-state index in [1.54, 1.807) is 0 Å². The Morgan fingerprint density at radius 1 is 1.41 bits per heavy atom. The normalized spacial score (nSPS) is 13.6. The van der Waals surface area contributed by atoms with Gasteiger partial charge in [-0.2, -0.15) is 0 Å². The van der Waals surface area contributed by atoms with E-state index in [4.69, 9.17) is 11.6 Å². The van der Waals surface area contributed by atoms with Crippen LogP contribution in [0.4, 0.5) is 5.69 Å². The van der Waals surface area contributed by atoms with E-state index < -0.39 is 5.66 Å². The van der Waals surface area contributed by atoms with Crippen LogP contribution in [0, 0.1) is 0 Å². The fourth-order valence-corrected chi connectivity index (χ4v) is 2.88. The van der Waals surface area contributed by atoms with E-state index >= 15 is 0 Å². The SMILES string of the molecule is C=CCNC(C)(C)/N=N\N(C)CCC(Nc1cccc(Cl)c1)/C(=C/C)CC. The molecule has 0 saturated heterocycles. The summed E-state index contributed by atoms with van der Waals surface area (Å²) in [6.45, 7) is 13.5. The van der Waals surface area contributed by atoms with Gasteiger partial charge in [-0.3, -0.25) is 10.3 Å². The van der Waals surface area contributed by atoms with E-state index in [9.17, 15) is 0 Å². The predicted molar refractivity (Wildman–Crippen MR) is 117 cm³/mol. The van der Waals surface area contributed by atoms with Crippen LogP contribution in [0.2, 0.25) is 5.02 Å². The number of hydrogen-bond acceptors (Lipinski definition) is 4. The van der Waals surface area contributed by atoms with E-state index in [2.05, 4.69) is 47.5 Å². The standard InChI is InChI=1S/C21H34ClN5/c1-7-14-23-21(4,5)25-26-27(6)15-13-20(17(8-2)9-3)24-19-12-10-11-18(22)16-19/h7-8,10-12,16,20,23-24H,1,9,13-15H2,2-6H3/b17-8+,26-25-. The lowest BCUT2D eigenvalue weighted by molar-refractivity contribution is 0.282. The fourth-order valence-electron chi connectivity index (χ4n) is 2.69. The summed E-state index contributed by atoms with van der Waals surface area (Å²) in [7, 11) is 1.95. The molecule has 0 aliphatic carbocycles. The maximum absolute atomic E-state index is 6.12. The first kappa shape index (κ1) is 23.2. The quantitative estimate of drug-likeness (QED) is 0.274. The molecule has 0 spiro atoms. The zero-order valence-electron chi connectivity index (χ0n) is 17.3. The molecule has 0 aliphatic heterocycles. The number of allylic oxidation sites excluding steroid dienone is 1. The topological polar surface area (TPSA) is 52.0 Å². The van der Waals surface area contributed by atoms with Crippen LogP contribution in [-0.4, -0.2) is 36.9 Å².